The third-order valence-corrected chi connectivity index (χ3v) is 2.44. The number of carbonyl (C=O) groups is 1. The van der Waals surface area contributed by atoms with Crippen molar-refractivity contribution >= 4 is 17.4 Å². The van der Waals surface area contributed by atoms with Crippen molar-refractivity contribution in [1.29, 1.82) is 0 Å². The number of hydrogen-bond acceptors (Lipinski definition) is 4. The van der Waals surface area contributed by atoms with Crippen molar-refractivity contribution in [3.63, 3.8) is 0 Å². The maximum absolute atomic E-state index is 11.6. The molecule has 0 aliphatic rings. The van der Waals surface area contributed by atoms with Gasteiger partial charge in [0.1, 0.15) is 4.88 Å². The second kappa shape index (κ2) is 5.05. The minimum absolute atomic E-state index is 0.0570. The number of carbonyl (C=O) groups excluding carboxylic acids is 1. The summed E-state index contributed by atoms with van der Waals surface area (Å²) in [7, 11) is 0. The van der Waals surface area contributed by atoms with Gasteiger partial charge >= 0.3 is 0 Å². The van der Waals surface area contributed by atoms with Crippen molar-refractivity contribution in [1.82, 2.24) is 14.9 Å². The zero-order valence-electron chi connectivity index (χ0n) is 8.70. The molecule has 14 heavy (non-hydrogen) atoms. The second-order valence-corrected chi connectivity index (χ2v) is 4.18. The number of amides is 1. The Morgan fingerprint density at radius 3 is 2.86 bits per heavy atom. The van der Waals surface area contributed by atoms with E-state index in [0.717, 1.165) is 18.5 Å². The van der Waals surface area contributed by atoms with Crippen molar-refractivity contribution in [2.75, 3.05) is 0 Å². The van der Waals surface area contributed by atoms with Crippen LogP contribution in [0.4, 0.5) is 0 Å². The Labute approximate surface area is 87.9 Å². The van der Waals surface area contributed by atoms with Crippen LogP contribution in [0.3, 0.4) is 0 Å². The molecule has 1 rings (SSSR count). The predicted molar refractivity (Wildman–Crippen MR) is 56.5 cm³/mol. The van der Waals surface area contributed by atoms with Crippen LogP contribution < -0.4 is 5.32 Å². The van der Waals surface area contributed by atoms with E-state index in [4.69, 9.17) is 0 Å². The van der Waals surface area contributed by atoms with Gasteiger partial charge in [0.2, 0.25) is 0 Å². The SMILES string of the molecule is CCCc1nnsc1C(=O)NC(C)C. The van der Waals surface area contributed by atoms with Crippen LogP contribution in [0.1, 0.15) is 42.6 Å². The number of nitrogens with zero attached hydrogens (tertiary/aromatic N) is 2. The second-order valence-electron chi connectivity index (χ2n) is 3.43. The molecule has 1 aromatic heterocycles. The number of aromatic nitrogens is 2. The van der Waals surface area contributed by atoms with Crippen LogP contribution in [0.5, 0.6) is 0 Å². The molecule has 0 unspecified atom stereocenters. The van der Waals surface area contributed by atoms with Gasteiger partial charge in [-0.2, -0.15) is 0 Å². The summed E-state index contributed by atoms with van der Waals surface area (Å²) in [5.41, 5.74) is 0.815. The molecule has 0 saturated carbocycles. The summed E-state index contributed by atoms with van der Waals surface area (Å²) in [4.78, 5) is 12.3. The lowest BCUT2D eigenvalue weighted by molar-refractivity contribution is 0.0946. The van der Waals surface area contributed by atoms with Gasteiger partial charge in [-0.15, -0.1) is 5.10 Å². The van der Waals surface area contributed by atoms with Crippen LogP contribution in [0, 0.1) is 0 Å². The van der Waals surface area contributed by atoms with Crippen LogP contribution in [-0.2, 0) is 6.42 Å². The van der Waals surface area contributed by atoms with E-state index >= 15 is 0 Å². The van der Waals surface area contributed by atoms with Gasteiger partial charge in [0, 0.05) is 6.04 Å². The van der Waals surface area contributed by atoms with Crippen molar-refractivity contribution in [2.45, 2.75) is 39.7 Å². The summed E-state index contributed by atoms with van der Waals surface area (Å²) in [6, 6.07) is 0.152. The highest BCUT2D eigenvalue weighted by atomic mass is 32.1. The molecule has 0 spiro atoms. The van der Waals surface area contributed by atoms with Gasteiger partial charge in [0.15, 0.2) is 0 Å². The molecule has 0 saturated heterocycles. The largest absolute Gasteiger partial charge is 0.349 e. The maximum Gasteiger partial charge on any atom is 0.265 e. The number of rotatable bonds is 4. The standard InChI is InChI=1S/C9H15N3OS/c1-4-5-7-8(14-12-11-7)9(13)10-6(2)3/h6H,4-5H2,1-3H3,(H,10,13). The fourth-order valence-corrected chi connectivity index (χ4v) is 1.72. The average Bonchev–Trinajstić information content (AvgIpc) is 2.51. The third kappa shape index (κ3) is 2.77. The van der Waals surface area contributed by atoms with Gasteiger partial charge in [0.25, 0.3) is 5.91 Å². The highest BCUT2D eigenvalue weighted by molar-refractivity contribution is 7.08. The van der Waals surface area contributed by atoms with Gasteiger partial charge in [-0.1, -0.05) is 17.8 Å². The van der Waals surface area contributed by atoms with E-state index in [-0.39, 0.29) is 11.9 Å². The molecule has 0 atom stereocenters. The fraction of sp³-hybridized carbons (Fsp3) is 0.667. The summed E-state index contributed by atoms with van der Waals surface area (Å²) in [5.74, 6) is -0.0570. The van der Waals surface area contributed by atoms with E-state index in [1.54, 1.807) is 0 Å². The molecule has 0 bridgehead atoms. The fourth-order valence-electron chi connectivity index (χ4n) is 1.11. The number of aryl methyl sites for hydroxylation is 1. The summed E-state index contributed by atoms with van der Waals surface area (Å²) in [5, 5.41) is 6.78. The van der Waals surface area contributed by atoms with E-state index in [1.807, 2.05) is 13.8 Å². The van der Waals surface area contributed by atoms with E-state index in [0.29, 0.717) is 4.88 Å². The molecule has 0 aromatic carbocycles. The van der Waals surface area contributed by atoms with Crippen LogP contribution in [0.25, 0.3) is 0 Å². The van der Waals surface area contributed by atoms with Crippen molar-refractivity contribution in [2.24, 2.45) is 0 Å². The first-order chi connectivity index (χ1) is 6.65. The van der Waals surface area contributed by atoms with Gasteiger partial charge in [0.05, 0.1) is 5.69 Å². The monoisotopic (exact) mass is 213 g/mol. The first-order valence-corrected chi connectivity index (χ1v) is 5.54. The Kier molecular flexibility index (Phi) is 4.00. The highest BCUT2D eigenvalue weighted by Crippen LogP contribution is 2.12. The highest BCUT2D eigenvalue weighted by Gasteiger charge is 2.15. The van der Waals surface area contributed by atoms with E-state index in [1.165, 1.54) is 11.5 Å². The predicted octanol–water partition coefficient (Wildman–Crippen LogP) is 1.63. The molecule has 78 valence electrons. The van der Waals surface area contributed by atoms with E-state index < -0.39 is 0 Å². The van der Waals surface area contributed by atoms with Crippen molar-refractivity contribution in [3.8, 4) is 0 Å². The average molecular weight is 213 g/mol. The minimum Gasteiger partial charge on any atom is -0.349 e. The Bertz CT molecular complexity index is 309. The molecule has 4 nitrogen and oxygen atoms in total. The first kappa shape index (κ1) is 11.1. The van der Waals surface area contributed by atoms with E-state index in [9.17, 15) is 4.79 Å². The third-order valence-electron chi connectivity index (χ3n) is 1.67. The summed E-state index contributed by atoms with van der Waals surface area (Å²) < 4.78 is 3.80. The van der Waals surface area contributed by atoms with Gasteiger partial charge in [-0.25, -0.2) is 0 Å². The Morgan fingerprint density at radius 1 is 1.57 bits per heavy atom. The van der Waals surface area contributed by atoms with Crippen LogP contribution in [0.2, 0.25) is 0 Å². The van der Waals surface area contributed by atoms with Crippen LogP contribution in [0.15, 0.2) is 0 Å². The number of nitrogens with one attached hydrogen (secondary N) is 1. The van der Waals surface area contributed by atoms with E-state index in [2.05, 4.69) is 21.8 Å². The lowest BCUT2D eigenvalue weighted by atomic mass is 10.2. The molecule has 1 heterocycles. The van der Waals surface area contributed by atoms with Crippen molar-refractivity contribution < 1.29 is 4.79 Å². The first-order valence-electron chi connectivity index (χ1n) is 4.77. The smallest absolute Gasteiger partial charge is 0.265 e. The molecule has 1 amide bonds. The quantitative estimate of drug-likeness (QED) is 0.827. The minimum atomic E-state index is -0.0570. The summed E-state index contributed by atoms with van der Waals surface area (Å²) in [6.07, 6.45) is 1.80. The normalized spacial score (nSPS) is 10.6. The Balaban J connectivity index is 2.73. The molecule has 1 aromatic rings. The van der Waals surface area contributed by atoms with Gasteiger partial charge in [-0.3, -0.25) is 4.79 Å². The Hall–Kier alpha value is -0.970. The maximum atomic E-state index is 11.6. The topological polar surface area (TPSA) is 54.9 Å². The molecule has 0 aliphatic carbocycles. The molecule has 1 N–H and O–H groups in total. The zero-order chi connectivity index (χ0) is 10.6. The molecular formula is C9H15N3OS. The number of hydrogen-bond donors (Lipinski definition) is 1. The lowest BCUT2D eigenvalue weighted by Gasteiger charge is -2.06. The van der Waals surface area contributed by atoms with Crippen LogP contribution >= 0.6 is 11.5 Å². The summed E-state index contributed by atoms with van der Waals surface area (Å²) >= 11 is 1.17. The lowest BCUT2D eigenvalue weighted by Crippen LogP contribution is -2.30. The van der Waals surface area contributed by atoms with Gasteiger partial charge in [-0.05, 0) is 31.8 Å². The zero-order valence-corrected chi connectivity index (χ0v) is 9.52. The molecule has 0 fully saturated rings. The van der Waals surface area contributed by atoms with Crippen molar-refractivity contribution in [3.05, 3.63) is 10.6 Å². The molecular weight excluding hydrogens is 198 g/mol. The molecule has 0 radical (unpaired) electrons. The summed E-state index contributed by atoms with van der Waals surface area (Å²) in [6.45, 7) is 5.93. The van der Waals surface area contributed by atoms with Gasteiger partial charge < -0.3 is 5.32 Å². The Morgan fingerprint density at radius 2 is 2.29 bits per heavy atom. The molecule has 5 heteroatoms. The van der Waals surface area contributed by atoms with Crippen LogP contribution in [-0.4, -0.2) is 21.5 Å². The molecule has 0 aliphatic heterocycles.